The Balaban J connectivity index is 1.68. The van der Waals surface area contributed by atoms with E-state index in [1.54, 1.807) is 19.2 Å². The van der Waals surface area contributed by atoms with Crippen LogP contribution in [0.3, 0.4) is 0 Å². The average Bonchev–Trinajstić information content (AvgIpc) is 2.34. The predicted octanol–water partition coefficient (Wildman–Crippen LogP) is 2.40. The summed E-state index contributed by atoms with van der Waals surface area (Å²) in [7, 11) is 1.57. The molecule has 4 rings (SSSR count). The Bertz CT molecular complexity index is 611. The summed E-state index contributed by atoms with van der Waals surface area (Å²) in [6.45, 7) is 0.340. The van der Waals surface area contributed by atoms with Crippen LogP contribution in [0.15, 0.2) is 24.3 Å². The van der Waals surface area contributed by atoms with Crippen LogP contribution in [0.25, 0.3) is 0 Å². The third-order valence-corrected chi connectivity index (χ3v) is 5.09. The number of benzene rings is 1. The molecule has 1 amide bonds. The largest absolute Gasteiger partial charge is 0.481 e. The Morgan fingerprint density at radius 2 is 2.05 bits per heavy atom. The number of amides is 1. The molecule has 3 aliphatic carbocycles. The van der Waals surface area contributed by atoms with Crippen molar-refractivity contribution in [3.05, 3.63) is 34.9 Å². The maximum absolute atomic E-state index is 12.5. The highest BCUT2D eigenvalue weighted by atomic mass is 35.5. The average molecular weight is 324 g/mol. The lowest BCUT2D eigenvalue weighted by atomic mass is 9.35. The fourth-order valence-corrected chi connectivity index (χ4v) is 3.88. The van der Waals surface area contributed by atoms with E-state index in [2.05, 4.69) is 5.32 Å². The molecule has 2 bridgehead atoms. The van der Waals surface area contributed by atoms with Crippen LogP contribution in [-0.4, -0.2) is 30.7 Å². The Labute approximate surface area is 133 Å². The van der Waals surface area contributed by atoms with Crippen LogP contribution in [0.4, 0.5) is 0 Å². The van der Waals surface area contributed by atoms with Crippen molar-refractivity contribution in [1.82, 2.24) is 5.32 Å². The van der Waals surface area contributed by atoms with Crippen molar-refractivity contribution in [2.24, 2.45) is 10.8 Å². The van der Waals surface area contributed by atoms with Crippen molar-refractivity contribution >= 4 is 23.5 Å². The Morgan fingerprint density at radius 3 is 2.59 bits per heavy atom. The molecule has 5 nitrogen and oxygen atoms in total. The first-order chi connectivity index (χ1) is 10.4. The number of carbonyl (C=O) groups excluding carboxylic acids is 1. The van der Waals surface area contributed by atoms with Gasteiger partial charge in [0.1, 0.15) is 0 Å². The molecule has 22 heavy (non-hydrogen) atoms. The van der Waals surface area contributed by atoms with E-state index in [0.29, 0.717) is 30.9 Å². The molecule has 3 fully saturated rings. The molecule has 118 valence electrons. The van der Waals surface area contributed by atoms with Gasteiger partial charge in [-0.05, 0) is 37.0 Å². The molecular weight excluding hydrogens is 306 g/mol. The van der Waals surface area contributed by atoms with Gasteiger partial charge < -0.3 is 15.2 Å². The second-order valence-electron chi connectivity index (χ2n) is 6.43. The molecule has 0 aliphatic heterocycles. The SMILES string of the molecule is COCC(NC(=O)C12CC(C(=O)O)(C1)C2)c1cccc(Cl)c1. The molecule has 0 spiro atoms. The van der Waals surface area contributed by atoms with E-state index < -0.39 is 16.8 Å². The fourth-order valence-electron chi connectivity index (χ4n) is 3.68. The Kier molecular flexibility index (Phi) is 3.65. The van der Waals surface area contributed by atoms with Crippen molar-refractivity contribution in [3.8, 4) is 0 Å². The van der Waals surface area contributed by atoms with Crippen molar-refractivity contribution in [1.29, 1.82) is 0 Å². The third-order valence-electron chi connectivity index (χ3n) is 4.86. The monoisotopic (exact) mass is 323 g/mol. The number of methoxy groups -OCH3 is 1. The lowest BCUT2D eigenvalue weighted by Crippen LogP contribution is -2.70. The number of carboxylic acids is 1. The zero-order valence-corrected chi connectivity index (χ0v) is 13.0. The highest BCUT2D eigenvalue weighted by Crippen LogP contribution is 2.73. The summed E-state index contributed by atoms with van der Waals surface area (Å²) in [5, 5.41) is 12.7. The van der Waals surface area contributed by atoms with Gasteiger partial charge in [-0.15, -0.1) is 0 Å². The second-order valence-corrected chi connectivity index (χ2v) is 6.87. The van der Waals surface area contributed by atoms with Crippen LogP contribution < -0.4 is 5.32 Å². The van der Waals surface area contributed by atoms with Gasteiger partial charge in [-0.1, -0.05) is 23.7 Å². The maximum Gasteiger partial charge on any atom is 0.309 e. The molecular formula is C16H18ClNO4. The summed E-state index contributed by atoms with van der Waals surface area (Å²) >= 11 is 6.00. The molecule has 0 radical (unpaired) electrons. The van der Waals surface area contributed by atoms with Gasteiger partial charge in [0.15, 0.2) is 0 Å². The number of nitrogens with one attached hydrogen (secondary N) is 1. The molecule has 2 N–H and O–H groups in total. The fraction of sp³-hybridized carbons (Fsp3) is 0.500. The summed E-state index contributed by atoms with van der Waals surface area (Å²) in [6, 6.07) is 7.00. The molecule has 1 aromatic carbocycles. The van der Waals surface area contributed by atoms with Crippen LogP contribution in [0, 0.1) is 10.8 Å². The van der Waals surface area contributed by atoms with E-state index in [9.17, 15) is 9.59 Å². The lowest BCUT2D eigenvalue weighted by molar-refractivity contribution is -0.221. The minimum absolute atomic E-state index is 0.0855. The molecule has 3 saturated carbocycles. The topological polar surface area (TPSA) is 75.6 Å². The Morgan fingerprint density at radius 1 is 1.36 bits per heavy atom. The lowest BCUT2D eigenvalue weighted by Gasteiger charge is -2.66. The standard InChI is InChI=1S/C16H18ClNO4/c1-22-6-12(10-3-2-4-11(17)5-10)18-13(19)15-7-16(8-15,9-15)14(20)21/h2-5,12H,6-9H2,1H3,(H,18,19)(H,20,21). The number of halogens is 1. The van der Waals surface area contributed by atoms with Gasteiger partial charge in [0, 0.05) is 12.1 Å². The normalized spacial score (nSPS) is 29.9. The molecule has 0 saturated heterocycles. The van der Waals surface area contributed by atoms with Gasteiger partial charge >= 0.3 is 5.97 Å². The molecule has 0 aromatic heterocycles. The van der Waals surface area contributed by atoms with Crippen molar-refractivity contribution in [3.63, 3.8) is 0 Å². The Hall–Kier alpha value is -1.59. The first-order valence-electron chi connectivity index (χ1n) is 7.20. The van der Waals surface area contributed by atoms with Crippen LogP contribution >= 0.6 is 11.6 Å². The highest BCUT2D eigenvalue weighted by Gasteiger charge is 2.75. The van der Waals surface area contributed by atoms with Crippen molar-refractivity contribution < 1.29 is 19.4 Å². The summed E-state index contributed by atoms with van der Waals surface area (Å²) < 4.78 is 5.18. The van der Waals surface area contributed by atoms with Gasteiger partial charge in [-0.25, -0.2) is 0 Å². The summed E-state index contributed by atoms with van der Waals surface area (Å²) in [4.78, 5) is 23.6. The minimum atomic E-state index is -0.787. The smallest absolute Gasteiger partial charge is 0.309 e. The van der Waals surface area contributed by atoms with Crippen LogP contribution in [0.2, 0.25) is 5.02 Å². The first kappa shape index (κ1) is 15.3. The molecule has 1 unspecified atom stereocenters. The minimum Gasteiger partial charge on any atom is -0.481 e. The molecule has 0 heterocycles. The number of hydrogen-bond acceptors (Lipinski definition) is 3. The van der Waals surface area contributed by atoms with Gasteiger partial charge in [-0.2, -0.15) is 0 Å². The zero-order chi connectivity index (χ0) is 16.0. The number of rotatable bonds is 6. The van der Waals surface area contributed by atoms with Gasteiger partial charge in [0.05, 0.1) is 23.5 Å². The summed E-state index contributed by atoms with van der Waals surface area (Å²) in [5.41, 5.74) is -0.269. The maximum atomic E-state index is 12.5. The second kappa shape index (κ2) is 5.25. The molecule has 6 heteroatoms. The number of ether oxygens (including phenoxy) is 1. The molecule has 1 aromatic rings. The summed E-state index contributed by atoms with van der Waals surface area (Å²) in [6.07, 6.45) is 1.32. The number of carbonyl (C=O) groups is 2. The van der Waals surface area contributed by atoms with E-state index in [1.807, 2.05) is 12.1 Å². The predicted molar refractivity (Wildman–Crippen MR) is 80.6 cm³/mol. The van der Waals surface area contributed by atoms with E-state index >= 15 is 0 Å². The number of carboxylic acid groups (broad SMARTS) is 1. The van der Waals surface area contributed by atoms with Crippen LogP contribution in [-0.2, 0) is 14.3 Å². The van der Waals surface area contributed by atoms with Gasteiger partial charge in [0.25, 0.3) is 0 Å². The third kappa shape index (κ3) is 2.29. The quantitative estimate of drug-likeness (QED) is 0.843. The molecule has 3 aliphatic rings. The highest BCUT2D eigenvalue weighted by molar-refractivity contribution is 6.30. The molecule has 1 atom stereocenters. The number of aliphatic carboxylic acids is 1. The van der Waals surface area contributed by atoms with Crippen molar-refractivity contribution in [2.75, 3.05) is 13.7 Å². The van der Waals surface area contributed by atoms with E-state index in [4.69, 9.17) is 21.4 Å². The first-order valence-corrected chi connectivity index (χ1v) is 7.57. The van der Waals surface area contributed by atoms with Crippen LogP contribution in [0.5, 0.6) is 0 Å². The van der Waals surface area contributed by atoms with Gasteiger partial charge in [0.2, 0.25) is 5.91 Å². The van der Waals surface area contributed by atoms with E-state index in [-0.39, 0.29) is 11.9 Å². The van der Waals surface area contributed by atoms with Crippen molar-refractivity contribution in [2.45, 2.75) is 25.3 Å². The van der Waals surface area contributed by atoms with E-state index in [0.717, 1.165) is 5.56 Å². The van der Waals surface area contributed by atoms with E-state index in [1.165, 1.54) is 0 Å². The zero-order valence-electron chi connectivity index (χ0n) is 12.3. The summed E-state index contributed by atoms with van der Waals surface area (Å²) in [5.74, 6) is -0.872. The van der Waals surface area contributed by atoms with Gasteiger partial charge in [-0.3, -0.25) is 9.59 Å². The van der Waals surface area contributed by atoms with Crippen LogP contribution in [0.1, 0.15) is 30.9 Å². The number of hydrogen-bond donors (Lipinski definition) is 2.